The zero-order valence-electron chi connectivity index (χ0n) is 13.4. The molecule has 2 heterocycles. The highest BCUT2D eigenvalue weighted by Crippen LogP contribution is 2.39. The molecule has 0 saturated heterocycles. The molecule has 0 spiro atoms. The van der Waals surface area contributed by atoms with Crippen molar-refractivity contribution in [1.82, 2.24) is 15.2 Å². The summed E-state index contributed by atoms with van der Waals surface area (Å²) in [4.78, 5) is 4.51. The van der Waals surface area contributed by atoms with Crippen LogP contribution in [0.1, 0.15) is 17.4 Å². The van der Waals surface area contributed by atoms with Gasteiger partial charge < -0.3 is 10.1 Å². The molecule has 1 atom stereocenters. The fourth-order valence-electron chi connectivity index (χ4n) is 2.63. The minimum atomic E-state index is -0.334. The summed E-state index contributed by atoms with van der Waals surface area (Å²) < 4.78 is 6.17. The Balaban J connectivity index is 1.85. The van der Waals surface area contributed by atoms with Gasteiger partial charge in [-0.1, -0.05) is 59.8 Å². The Kier molecular flexibility index (Phi) is 3.82. The van der Waals surface area contributed by atoms with E-state index in [2.05, 4.69) is 51.7 Å². The summed E-state index contributed by atoms with van der Waals surface area (Å²) in [6.45, 7) is 2.07. The molecule has 0 bridgehead atoms. The number of para-hydroxylation sites is 1. The maximum absolute atomic E-state index is 6.17. The summed E-state index contributed by atoms with van der Waals surface area (Å²) in [7, 11) is 0. The van der Waals surface area contributed by atoms with Gasteiger partial charge in [-0.15, -0.1) is 10.2 Å². The second-order valence-electron chi connectivity index (χ2n) is 5.55. The highest BCUT2D eigenvalue weighted by molar-refractivity contribution is 7.98. The lowest BCUT2D eigenvalue weighted by molar-refractivity contribution is 0.225. The topological polar surface area (TPSA) is 59.9 Å². The van der Waals surface area contributed by atoms with Gasteiger partial charge in [-0.25, -0.2) is 0 Å². The Morgan fingerprint density at radius 3 is 2.62 bits per heavy atom. The van der Waals surface area contributed by atoms with Crippen molar-refractivity contribution in [1.29, 1.82) is 0 Å². The van der Waals surface area contributed by atoms with Gasteiger partial charge in [0.25, 0.3) is 0 Å². The van der Waals surface area contributed by atoms with Crippen LogP contribution in [0.4, 0.5) is 5.69 Å². The molecule has 0 saturated carbocycles. The SMILES string of the molecule is CSc1nnc2c(n1)O[C@@H](c1ccc(C)cc1)Nc1ccccc1-2. The first-order valence-electron chi connectivity index (χ1n) is 7.62. The lowest BCUT2D eigenvalue weighted by Crippen LogP contribution is -2.17. The Labute approximate surface area is 144 Å². The molecule has 120 valence electrons. The van der Waals surface area contributed by atoms with E-state index in [1.807, 2.05) is 30.5 Å². The van der Waals surface area contributed by atoms with Crippen molar-refractivity contribution in [3.8, 4) is 17.1 Å². The van der Waals surface area contributed by atoms with E-state index >= 15 is 0 Å². The van der Waals surface area contributed by atoms with E-state index in [0.717, 1.165) is 16.8 Å². The van der Waals surface area contributed by atoms with Crippen LogP contribution in [0.2, 0.25) is 0 Å². The summed E-state index contributed by atoms with van der Waals surface area (Å²) in [5.41, 5.74) is 4.80. The van der Waals surface area contributed by atoms with Crippen molar-refractivity contribution < 1.29 is 4.74 Å². The van der Waals surface area contributed by atoms with Gasteiger partial charge in [0.15, 0.2) is 11.9 Å². The molecule has 4 rings (SSSR count). The fourth-order valence-corrected chi connectivity index (χ4v) is 2.92. The summed E-state index contributed by atoms with van der Waals surface area (Å²) >= 11 is 1.44. The molecule has 24 heavy (non-hydrogen) atoms. The normalized spacial score (nSPS) is 15.5. The Bertz CT molecular complexity index is 882. The van der Waals surface area contributed by atoms with Crippen LogP contribution in [0.25, 0.3) is 11.3 Å². The number of hydrogen-bond acceptors (Lipinski definition) is 6. The molecule has 1 aliphatic rings. The average molecular weight is 336 g/mol. The lowest BCUT2D eigenvalue weighted by Gasteiger charge is -2.19. The van der Waals surface area contributed by atoms with E-state index in [1.54, 1.807) is 0 Å². The van der Waals surface area contributed by atoms with Crippen LogP contribution in [0.3, 0.4) is 0 Å². The standard InChI is InChI=1S/C18H16N4OS/c1-11-7-9-12(10-8-11)16-19-14-6-4-3-5-13(14)15-17(23-16)20-18(24-2)22-21-15/h3-10,16,19H,1-2H3/t16-/m0/s1. The second-order valence-corrected chi connectivity index (χ2v) is 6.32. The van der Waals surface area contributed by atoms with Crippen LogP contribution in [-0.2, 0) is 0 Å². The van der Waals surface area contributed by atoms with Gasteiger partial charge in [-0.3, -0.25) is 0 Å². The van der Waals surface area contributed by atoms with Gasteiger partial charge in [-0.2, -0.15) is 4.98 Å². The molecule has 3 aromatic rings. The van der Waals surface area contributed by atoms with Crippen LogP contribution in [-0.4, -0.2) is 21.4 Å². The zero-order chi connectivity index (χ0) is 16.5. The quantitative estimate of drug-likeness (QED) is 0.712. The van der Waals surface area contributed by atoms with Crippen LogP contribution in [0.5, 0.6) is 5.88 Å². The molecule has 5 nitrogen and oxygen atoms in total. The predicted molar refractivity (Wildman–Crippen MR) is 95.2 cm³/mol. The molecule has 0 amide bonds. The van der Waals surface area contributed by atoms with Gasteiger partial charge in [0, 0.05) is 16.8 Å². The van der Waals surface area contributed by atoms with Gasteiger partial charge in [0.2, 0.25) is 11.0 Å². The number of nitrogens with zero attached hydrogens (tertiary/aromatic N) is 3. The van der Waals surface area contributed by atoms with Crippen molar-refractivity contribution in [2.24, 2.45) is 0 Å². The van der Waals surface area contributed by atoms with Gasteiger partial charge in [0.05, 0.1) is 0 Å². The van der Waals surface area contributed by atoms with Crippen molar-refractivity contribution in [3.63, 3.8) is 0 Å². The van der Waals surface area contributed by atoms with Crippen molar-refractivity contribution in [3.05, 3.63) is 59.7 Å². The number of ether oxygens (including phenoxy) is 1. The summed E-state index contributed by atoms with van der Waals surface area (Å²) in [5, 5.41) is 12.5. The number of nitrogens with one attached hydrogen (secondary N) is 1. The number of hydrogen-bond donors (Lipinski definition) is 1. The third-order valence-electron chi connectivity index (χ3n) is 3.90. The number of rotatable bonds is 2. The molecule has 2 aromatic carbocycles. The van der Waals surface area contributed by atoms with Gasteiger partial charge in [-0.05, 0) is 19.2 Å². The van der Waals surface area contributed by atoms with E-state index < -0.39 is 0 Å². The molecule has 0 aliphatic carbocycles. The highest BCUT2D eigenvalue weighted by atomic mass is 32.2. The summed E-state index contributed by atoms with van der Waals surface area (Å²) in [6, 6.07) is 16.2. The number of aromatic nitrogens is 3. The molecule has 1 aromatic heterocycles. The average Bonchev–Trinajstić information content (AvgIpc) is 2.78. The molecule has 0 unspecified atom stereocenters. The number of aryl methyl sites for hydroxylation is 1. The number of benzene rings is 2. The third-order valence-corrected chi connectivity index (χ3v) is 4.43. The Morgan fingerprint density at radius 2 is 1.83 bits per heavy atom. The van der Waals surface area contributed by atoms with E-state index in [-0.39, 0.29) is 6.23 Å². The van der Waals surface area contributed by atoms with Gasteiger partial charge in [0.1, 0.15) is 0 Å². The first-order chi connectivity index (χ1) is 11.7. The van der Waals surface area contributed by atoms with Crippen LogP contribution < -0.4 is 10.1 Å². The van der Waals surface area contributed by atoms with Gasteiger partial charge >= 0.3 is 0 Å². The summed E-state index contributed by atoms with van der Waals surface area (Å²) in [5.74, 6) is 0.498. The highest BCUT2D eigenvalue weighted by Gasteiger charge is 2.25. The minimum absolute atomic E-state index is 0.334. The van der Waals surface area contributed by atoms with E-state index in [9.17, 15) is 0 Å². The molecule has 0 fully saturated rings. The second kappa shape index (κ2) is 6.13. The first kappa shape index (κ1) is 15.0. The Morgan fingerprint density at radius 1 is 1.04 bits per heavy atom. The minimum Gasteiger partial charge on any atom is -0.448 e. The van der Waals surface area contributed by atoms with E-state index in [0.29, 0.717) is 16.7 Å². The number of thioether (sulfide) groups is 1. The lowest BCUT2D eigenvalue weighted by atomic mass is 10.1. The molecule has 6 heteroatoms. The van der Waals surface area contributed by atoms with Crippen molar-refractivity contribution in [2.45, 2.75) is 18.3 Å². The number of fused-ring (bicyclic) bond motifs is 3. The fraction of sp³-hybridized carbons (Fsp3) is 0.167. The van der Waals surface area contributed by atoms with Crippen LogP contribution >= 0.6 is 11.8 Å². The molecule has 1 N–H and O–H groups in total. The first-order valence-corrected chi connectivity index (χ1v) is 8.85. The summed E-state index contributed by atoms with van der Waals surface area (Å²) in [6.07, 6.45) is 1.59. The van der Waals surface area contributed by atoms with Crippen molar-refractivity contribution in [2.75, 3.05) is 11.6 Å². The maximum Gasteiger partial charge on any atom is 0.247 e. The molecule has 0 radical (unpaired) electrons. The zero-order valence-corrected chi connectivity index (χ0v) is 14.2. The Hall–Kier alpha value is -2.60. The third kappa shape index (κ3) is 2.69. The smallest absolute Gasteiger partial charge is 0.247 e. The van der Waals surface area contributed by atoms with Crippen LogP contribution in [0.15, 0.2) is 53.7 Å². The molecular weight excluding hydrogens is 320 g/mol. The molecule has 1 aliphatic heterocycles. The number of anilines is 1. The van der Waals surface area contributed by atoms with Crippen LogP contribution in [0, 0.1) is 6.92 Å². The predicted octanol–water partition coefficient (Wildman–Crippen LogP) is 4.07. The monoisotopic (exact) mass is 336 g/mol. The molecular formula is C18H16N4OS. The van der Waals surface area contributed by atoms with E-state index in [1.165, 1.54) is 17.3 Å². The van der Waals surface area contributed by atoms with Crippen molar-refractivity contribution >= 4 is 17.4 Å². The maximum atomic E-state index is 6.17. The largest absolute Gasteiger partial charge is 0.448 e. The van der Waals surface area contributed by atoms with E-state index in [4.69, 9.17) is 4.74 Å².